The Morgan fingerprint density at radius 1 is 1.36 bits per heavy atom. The fourth-order valence-corrected chi connectivity index (χ4v) is 3.22. The third-order valence-electron chi connectivity index (χ3n) is 3.42. The number of aromatic nitrogens is 1. The van der Waals surface area contributed by atoms with Gasteiger partial charge in [-0.1, -0.05) is 6.08 Å². The molecule has 114 valence electrons. The first kappa shape index (κ1) is 15.3. The van der Waals surface area contributed by atoms with Gasteiger partial charge in [0.05, 0.1) is 11.8 Å². The Labute approximate surface area is 135 Å². The van der Waals surface area contributed by atoms with Crippen molar-refractivity contribution in [1.29, 1.82) is 0 Å². The lowest BCUT2D eigenvalue weighted by Gasteiger charge is -2.19. The second-order valence-electron chi connectivity index (χ2n) is 4.92. The monoisotopic (exact) mass is 334 g/mol. The van der Waals surface area contributed by atoms with Gasteiger partial charge in [0.1, 0.15) is 5.82 Å². The number of halogens is 1. The van der Waals surface area contributed by atoms with Crippen LogP contribution in [0.5, 0.6) is 0 Å². The molecule has 3 nitrogen and oxygen atoms in total. The van der Waals surface area contributed by atoms with Crippen LogP contribution in [-0.2, 0) is 4.74 Å². The molecule has 0 bridgehead atoms. The second-order valence-corrected chi connectivity index (χ2v) is 6.40. The fourth-order valence-electron chi connectivity index (χ4n) is 2.18. The lowest BCUT2D eigenvalue weighted by molar-refractivity contribution is 0.142. The molecule has 2 aromatic rings. The Kier molecular flexibility index (Phi) is 4.67. The van der Waals surface area contributed by atoms with Crippen LogP contribution in [0, 0.1) is 5.82 Å². The summed E-state index contributed by atoms with van der Waals surface area (Å²) in [4.78, 5) is 4.56. The van der Waals surface area contributed by atoms with Crippen LogP contribution in [-0.4, -0.2) is 18.2 Å². The molecule has 0 amide bonds. The van der Waals surface area contributed by atoms with Crippen molar-refractivity contribution < 1.29 is 9.13 Å². The van der Waals surface area contributed by atoms with Crippen LogP contribution in [0.15, 0.2) is 52.8 Å². The Balaban J connectivity index is 1.78. The summed E-state index contributed by atoms with van der Waals surface area (Å²) in [7, 11) is 4.43. The maximum Gasteiger partial charge on any atom is 0.187 e. The smallest absolute Gasteiger partial charge is 0.187 e. The molecular weight excluding hydrogens is 318 g/mol. The summed E-state index contributed by atoms with van der Waals surface area (Å²) >= 11 is 1.52. The van der Waals surface area contributed by atoms with E-state index in [0.29, 0.717) is 0 Å². The van der Waals surface area contributed by atoms with Gasteiger partial charge in [-0.3, -0.25) is 0 Å². The van der Waals surface area contributed by atoms with Crippen LogP contribution in [0.2, 0.25) is 0 Å². The first-order chi connectivity index (χ1) is 10.7. The Morgan fingerprint density at radius 3 is 2.86 bits per heavy atom. The molecule has 0 aliphatic heterocycles. The lowest BCUT2D eigenvalue weighted by Crippen LogP contribution is -2.14. The number of hydrogen-bond acceptors (Lipinski definition) is 4. The summed E-state index contributed by atoms with van der Waals surface area (Å²) < 4.78 is 18.3. The van der Waals surface area contributed by atoms with Crippen molar-refractivity contribution in [3.63, 3.8) is 0 Å². The number of nitrogens with one attached hydrogen (secondary N) is 1. The zero-order valence-electron chi connectivity index (χ0n) is 12.0. The van der Waals surface area contributed by atoms with Crippen molar-refractivity contribution >= 4 is 25.7 Å². The van der Waals surface area contributed by atoms with Crippen LogP contribution in [0.25, 0.3) is 11.3 Å². The van der Waals surface area contributed by atoms with Crippen LogP contribution in [0.4, 0.5) is 9.52 Å². The number of allylic oxidation sites excluding steroid dienone is 1. The second kappa shape index (κ2) is 6.69. The molecular formula is C16H16FN2OPS. The van der Waals surface area contributed by atoms with Crippen molar-refractivity contribution in [2.24, 2.45) is 0 Å². The summed E-state index contributed by atoms with van der Waals surface area (Å²) in [6, 6.07) is 6.35. The van der Waals surface area contributed by atoms with Crippen LogP contribution in [0.3, 0.4) is 0 Å². The largest absolute Gasteiger partial charge is 0.377 e. The van der Waals surface area contributed by atoms with E-state index in [2.05, 4.69) is 31.7 Å². The molecule has 0 spiro atoms. The summed E-state index contributed by atoms with van der Waals surface area (Å²) in [6.07, 6.45) is 5.14. The molecule has 2 atom stereocenters. The minimum Gasteiger partial charge on any atom is -0.377 e. The molecule has 0 saturated heterocycles. The van der Waals surface area contributed by atoms with E-state index in [1.807, 2.05) is 5.38 Å². The summed E-state index contributed by atoms with van der Waals surface area (Å²) in [5, 5.41) is 7.18. The van der Waals surface area contributed by atoms with Crippen molar-refractivity contribution in [2.45, 2.75) is 12.5 Å². The predicted molar refractivity (Wildman–Crippen MR) is 92.4 cm³/mol. The van der Waals surface area contributed by atoms with Gasteiger partial charge in [0.15, 0.2) is 5.13 Å². The Morgan fingerprint density at radius 2 is 2.14 bits per heavy atom. The molecule has 1 aromatic carbocycles. The molecule has 22 heavy (non-hydrogen) atoms. The van der Waals surface area contributed by atoms with Gasteiger partial charge in [-0.25, -0.2) is 9.37 Å². The van der Waals surface area contributed by atoms with Crippen molar-refractivity contribution in [2.75, 3.05) is 12.4 Å². The van der Waals surface area contributed by atoms with E-state index in [-0.39, 0.29) is 11.9 Å². The Hall–Kier alpha value is -1.55. The van der Waals surface area contributed by atoms with E-state index in [1.165, 1.54) is 23.5 Å². The van der Waals surface area contributed by atoms with E-state index >= 15 is 0 Å². The number of anilines is 1. The summed E-state index contributed by atoms with van der Waals surface area (Å²) in [5.41, 5.74) is 2.73. The first-order valence-electron chi connectivity index (χ1n) is 6.85. The van der Waals surface area contributed by atoms with Crippen LogP contribution >= 0.6 is 20.6 Å². The highest BCUT2D eigenvalue weighted by Crippen LogP contribution is 2.30. The Bertz CT molecular complexity index is 724. The van der Waals surface area contributed by atoms with E-state index in [0.717, 1.165) is 33.8 Å². The lowest BCUT2D eigenvalue weighted by atomic mass is 10.1. The SMILES string of the molecule is COC1C=C(Nc2nc(-c3ccc(F)cc3)cs2)C(P)=CC1. The number of hydrogen-bond donors (Lipinski definition) is 1. The topological polar surface area (TPSA) is 34.1 Å². The van der Waals surface area contributed by atoms with Crippen LogP contribution < -0.4 is 5.32 Å². The van der Waals surface area contributed by atoms with E-state index in [1.54, 1.807) is 19.2 Å². The highest BCUT2D eigenvalue weighted by atomic mass is 32.1. The highest BCUT2D eigenvalue weighted by molar-refractivity contribution is 7.23. The van der Waals surface area contributed by atoms with Crippen molar-refractivity contribution in [3.05, 3.63) is 58.6 Å². The molecule has 0 saturated carbocycles. The fraction of sp³-hybridized carbons (Fsp3) is 0.188. The molecule has 1 aromatic heterocycles. The maximum absolute atomic E-state index is 13.0. The summed E-state index contributed by atoms with van der Waals surface area (Å²) in [6.45, 7) is 0. The van der Waals surface area contributed by atoms with E-state index in [4.69, 9.17) is 4.74 Å². The molecule has 2 unspecified atom stereocenters. The number of thiazole rings is 1. The van der Waals surface area contributed by atoms with Gasteiger partial charge in [-0.15, -0.1) is 20.6 Å². The zero-order chi connectivity index (χ0) is 15.5. The quantitative estimate of drug-likeness (QED) is 0.840. The third kappa shape index (κ3) is 3.43. The number of benzene rings is 1. The van der Waals surface area contributed by atoms with Gasteiger partial charge < -0.3 is 10.1 Å². The van der Waals surface area contributed by atoms with Gasteiger partial charge in [0.2, 0.25) is 0 Å². The molecule has 1 aliphatic rings. The molecule has 0 fully saturated rings. The van der Waals surface area contributed by atoms with Gasteiger partial charge in [0, 0.05) is 23.8 Å². The van der Waals surface area contributed by atoms with Gasteiger partial charge >= 0.3 is 0 Å². The number of nitrogens with zero attached hydrogens (tertiary/aromatic N) is 1. The van der Waals surface area contributed by atoms with Gasteiger partial charge in [-0.2, -0.15) is 0 Å². The number of rotatable bonds is 4. The highest BCUT2D eigenvalue weighted by Gasteiger charge is 2.14. The van der Waals surface area contributed by atoms with Gasteiger partial charge in [-0.05, 0) is 42.1 Å². The van der Waals surface area contributed by atoms with Crippen molar-refractivity contribution in [3.8, 4) is 11.3 Å². The standard InChI is InChI=1S/C16H16FN2OPS/c1-20-12-6-7-15(21)13(8-12)18-16-19-14(9-22-16)10-2-4-11(17)5-3-10/h2-5,7-9,12H,6,21H2,1H3,(H,18,19). The molecule has 6 heteroatoms. The predicted octanol–water partition coefficient (Wildman–Crippen LogP) is 4.42. The normalized spacial score (nSPS) is 17.9. The first-order valence-corrected chi connectivity index (χ1v) is 8.30. The van der Waals surface area contributed by atoms with Gasteiger partial charge in [0.25, 0.3) is 0 Å². The molecule has 1 heterocycles. The zero-order valence-corrected chi connectivity index (χ0v) is 14.0. The minimum atomic E-state index is -0.243. The van der Waals surface area contributed by atoms with Crippen molar-refractivity contribution in [1.82, 2.24) is 4.98 Å². The van der Waals surface area contributed by atoms with E-state index in [9.17, 15) is 4.39 Å². The minimum absolute atomic E-state index is 0.0864. The molecule has 1 N–H and O–H groups in total. The average molecular weight is 334 g/mol. The maximum atomic E-state index is 13.0. The molecule has 1 aliphatic carbocycles. The number of methoxy groups -OCH3 is 1. The van der Waals surface area contributed by atoms with E-state index < -0.39 is 0 Å². The molecule has 3 rings (SSSR count). The average Bonchev–Trinajstić information content (AvgIpc) is 2.99. The molecule has 0 radical (unpaired) electrons. The summed E-state index contributed by atoms with van der Waals surface area (Å²) in [5.74, 6) is -0.243. The third-order valence-corrected chi connectivity index (χ3v) is 4.73. The number of ether oxygens (including phenoxy) is 1. The van der Waals surface area contributed by atoms with Crippen LogP contribution in [0.1, 0.15) is 6.42 Å².